The number of sulfonamides is 1. The van der Waals surface area contributed by atoms with E-state index in [-0.39, 0.29) is 6.42 Å². The number of halogens is 1. The Morgan fingerprint density at radius 2 is 1.75 bits per heavy atom. The van der Waals surface area contributed by atoms with Crippen LogP contribution in [0.2, 0.25) is 0 Å². The molecule has 134 valence electrons. The van der Waals surface area contributed by atoms with Crippen LogP contribution >= 0.6 is 15.9 Å². The summed E-state index contributed by atoms with van der Waals surface area (Å²) in [6, 6.07) is 6.02. The van der Waals surface area contributed by atoms with Crippen molar-refractivity contribution >= 4 is 38.0 Å². The minimum absolute atomic E-state index is 0.119. The third kappa shape index (κ3) is 8.30. The number of hydrogen-bond acceptors (Lipinski definition) is 5. The van der Waals surface area contributed by atoms with Crippen LogP contribution in [0.4, 0.5) is 4.79 Å². The van der Waals surface area contributed by atoms with E-state index in [0.717, 1.165) is 16.3 Å². The lowest BCUT2D eigenvalue weighted by atomic mass is 10.1. The van der Waals surface area contributed by atoms with Gasteiger partial charge in [-0.2, -0.15) is 0 Å². The van der Waals surface area contributed by atoms with Crippen molar-refractivity contribution in [3.63, 3.8) is 0 Å². The van der Waals surface area contributed by atoms with Crippen molar-refractivity contribution in [3.8, 4) is 0 Å². The second kappa shape index (κ2) is 7.98. The van der Waals surface area contributed by atoms with Crippen molar-refractivity contribution < 1.29 is 22.7 Å². The fourth-order valence-electron chi connectivity index (χ4n) is 1.77. The highest BCUT2D eigenvalue weighted by Crippen LogP contribution is 2.13. The molecular weight excluding hydrogens is 400 g/mol. The lowest BCUT2D eigenvalue weighted by Crippen LogP contribution is -2.50. The molecule has 0 radical (unpaired) electrons. The van der Waals surface area contributed by atoms with Crippen molar-refractivity contribution in [1.82, 2.24) is 10.0 Å². The molecule has 0 spiro atoms. The Hall–Kier alpha value is -1.61. The zero-order valence-electron chi connectivity index (χ0n) is 13.9. The molecule has 2 amide bonds. The number of ether oxygens (including phenoxy) is 1. The van der Waals surface area contributed by atoms with Gasteiger partial charge in [0.25, 0.3) is 5.91 Å². The Kier molecular flexibility index (Phi) is 6.79. The van der Waals surface area contributed by atoms with Crippen molar-refractivity contribution in [2.75, 3.05) is 6.26 Å². The molecule has 1 rings (SSSR count). The van der Waals surface area contributed by atoms with E-state index < -0.39 is 33.7 Å². The lowest BCUT2D eigenvalue weighted by molar-refractivity contribution is -0.121. The molecule has 0 unspecified atom stereocenters. The average molecular weight is 421 g/mol. The minimum atomic E-state index is -3.74. The highest BCUT2D eigenvalue weighted by molar-refractivity contribution is 9.10. The van der Waals surface area contributed by atoms with Crippen molar-refractivity contribution in [3.05, 3.63) is 34.3 Å². The molecule has 0 aromatic heterocycles. The van der Waals surface area contributed by atoms with Gasteiger partial charge in [0.05, 0.1) is 6.26 Å². The summed E-state index contributed by atoms with van der Waals surface area (Å²) in [6.07, 6.45) is 0.191. The number of rotatable bonds is 5. The van der Waals surface area contributed by atoms with Crippen LogP contribution in [0.3, 0.4) is 0 Å². The quantitative estimate of drug-likeness (QED) is 0.757. The van der Waals surface area contributed by atoms with Crippen molar-refractivity contribution in [2.45, 2.75) is 38.8 Å². The SMILES string of the molecule is CC(C)(C)OC(=O)N[C@@H](Cc1ccc(Br)cc1)C(=O)NS(C)(=O)=O. The molecule has 0 aliphatic heterocycles. The smallest absolute Gasteiger partial charge is 0.408 e. The van der Waals surface area contributed by atoms with E-state index in [1.807, 2.05) is 4.72 Å². The van der Waals surface area contributed by atoms with Gasteiger partial charge in [-0.3, -0.25) is 9.52 Å². The van der Waals surface area contributed by atoms with Gasteiger partial charge in [0.15, 0.2) is 0 Å². The Morgan fingerprint density at radius 3 is 2.21 bits per heavy atom. The maximum atomic E-state index is 12.2. The molecule has 1 aromatic carbocycles. The third-order valence-electron chi connectivity index (χ3n) is 2.65. The highest BCUT2D eigenvalue weighted by atomic mass is 79.9. The molecule has 24 heavy (non-hydrogen) atoms. The molecule has 0 bridgehead atoms. The van der Waals surface area contributed by atoms with Crippen LogP contribution in [-0.4, -0.2) is 38.3 Å². The second-order valence-corrected chi connectivity index (χ2v) is 8.93. The molecule has 0 aliphatic rings. The van der Waals surface area contributed by atoms with E-state index in [1.54, 1.807) is 45.0 Å². The van der Waals surface area contributed by atoms with Crippen LogP contribution in [0, 0.1) is 0 Å². The predicted octanol–water partition coefficient (Wildman–Crippen LogP) is 1.96. The monoisotopic (exact) mass is 420 g/mol. The molecule has 0 fully saturated rings. The third-order valence-corrected chi connectivity index (χ3v) is 3.75. The van der Waals surface area contributed by atoms with Gasteiger partial charge in [0, 0.05) is 10.9 Å². The predicted molar refractivity (Wildman–Crippen MR) is 94.0 cm³/mol. The van der Waals surface area contributed by atoms with Crippen LogP contribution in [0.5, 0.6) is 0 Å². The zero-order valence-corrected chi connectivity index (χ0v) is 16.3. The van der Waals surface area contributed by atoms with Crippen LogP contribution in [0.15, 0.2) is 28.7 Å². The van der Waals surface area contributed by atoms with Crippen LogP contribution in [0.1, 0.15) is 26.3 Å². The number of benzene rings is 1. The summed E-state index contributed by atoms with van der Waals surface area (Å²) in [4.78, 5) is 24.1. The summed E-state index contributed by atoms with van der Waals surface area (Å²) >= 11 is 3.31. The Balaban J connectivity index is 2.91. The first kappa shape index (κ1) is 20.4. The van der Waals surface area contributed by atoms with E-state index in [0.29, 0.717) is 0 Å². The van der Waals surface area contributed by atoms with Crippen molar-refractivity contribution in [2.24, 2.45) is 0 Å². The maximum Gasteiger partial charge on any atom is 0.408 e. The molecule has 0 heterocycles. The first-order valence-corrected chi connectivity index (χ1v) is 9.80. The number of amides is 2. The fraction of sp³-hybridized carbons (Fsp3) is 0.467. The number of carbonyl (C=O) groups is 2. The van der Waals surface area contributed by atoms with E-state index in [2.05, 4.69) is 21.2 Å². The summed E-state index contributed by atoms with van der Waals surface area (Å²) in [5.74, 6) is -0.828. The maximum absolute atomic E-state index is 12.2. The number of alkyl carbamates (subject to hydrolysis) is 1. The highest BCUT2D eigenvalue weighted by Gasteiger charge is 2.26. The fourth-order valence-corrected chi connectivity index (χ4v) is 2.54. The topological polar surface area (TPSA) is 102 Å². The van der Waals surface area contributed by atoms with Gasteiger partial charge in [-0.15, -0.1) is 0 Å². The Labute approximate surface area is 150 Å². The van der Waals surface area contributed by atoms with E-state index in [9.17, 15) is 18.0 Å². The van der Waals surface area contributed by atoms with Gasteiger partial charge < -0.3 is 10.1 Å². The van der Waals surface area contributed by atoms with Crippen molar-refractivity contribution in [1.29, 1.82) is 0 Å². The number of carbonyl (C=O) groups excluding carboxylic acids is 2. The molecule has 0 saturated carbocycles. The largest absolute Gasteiger partial charge is 0.444 e. The van der Waals surface area contributed by atoms with E-state index in [1.165, 1.54) is 0 Å². The minimum Gasteiger partial charge on any atom is -0.444 e. The molecule has 9 heteroatoms. The summed E-state index contributed by atoms with van der Waals surface area (Å²) in [5.41, 5.74) is 0.0161. The van der Waals surface area contributed by atoms with Gasteiger partial charge >= 0.3 is 6.09 Å². The normalized spacial score (nSPS) is 13.0. The molecule has 1 atom stereocenters. The van der Waals surface area contributed by atoms with Gasteiger partial charge in [-0.1, -0.05) is 28.1 Å². The summed E-state index contributed by atoms with van der Waals surface area (Å²) < 4.78 is 30.4. The number of hydrogen-bond donors (Lipinski definition) is 2. The molecule has 7 nitrogen and oxygen atoms in total. The molecule has 2 N–H and O–H groups in total. The van der Waals surface area contributed by atoms with Crippen LogP contribution in [0.25, 0.3) is 0 Å². The zero-order chi connectivity index (χ0) is 18.5. The first-order valence-electron chi connectivity index (χ1n) is 7.11. The Bertz CT molecular complexity index is 696. The molecule has 1 aromatic rings. The van der Waals surface area contributed by atoms with Gasteiger partial charge in [0.2, 0.25) is 10.0 Å². The summed E-state index contributed by atoms with van der Waals surface area (Å²) in [7, 11) is -3.74. The van der Waals surface area contributed by atoms with Crippen LogP contribution < -0.4 is 10.0 Å². The van der Waals surface area contributed by atoms with E-state index in [4.69, 9.17) is 4.74 Å². The second-order valence-electron chi connectivity index (χ2n) is 6.27. The first-order chi connectivity index (χ1) is 10.9. The van der Waals surface area contributed by atoms with Gasteiger partial charge in [-0.25, -0.2) is 13.2 Å². The summed E-state index contributed by atoms with van der Waals surface area (Å²) in [6.45, 7) is 5.06. The summed E-state index contributed by atoms with van der Waals surface area (Å²) in [5, 5.41) is 2.41. The van der Waals surface area contributed by atoms with E-state index >= 15 is 0 Å². The molecule has 0 aliphatic carbocycles. The van der Waals surface area contributed by atoms with Gasteiger partial charge in [-0.05, 0) is 38.5 Å². The molecule has 0 saturated heterocycles. The van der Waals surface area contributed by atoms with Gasteiger partial charge in [0.1, 0.15) is 11.6 Å². The standard InChI is InChI=1S/C15H21BrN2O5S/c1-15(2,3)23-14(20)17-12(13(19)18-24(4,21)22)9-10-5-7-11(16)8-6-10/h5-8,12H,9H2,1-4H3,(H,17,20)(H,18,19)/t12-/m0/s1. The lowest BCUT2D eigenvalue weighted by Gasteiger charge is -2.23. The Morgan fingerprint density at radius 1 is 1.21 bits per heavy atom. The average Bonchev–Trinajstić information content (AvgIpc) is 2.36. The van der Waals surface area contributed by atoms with Crippen LogP contribution in [-0.2, 0) is 26.0 Å². The number of nitrogens with one attached hydrogen (secondary N) is 2. The molecular formula is C15H21BrN2O5S.